The summed E-state index contributed by atoms with van der Waals surface area (Å²) in [6.07, 6.45) is 1.36. The van der Waals surface area contributed by atoms with Crippen molar-refractivity contribution in [2.45, 2.75) is 31.3 Å². The number of hydrogen-bond acceptors (Lipinski definition) is 5. The van der Waals surface area contributed by atoms with E-state index < -0.39 is 11.9 Å². The van der Waals surface area contributed by atoms with Gasteiger partial charge in [0.15, 0.2) is 0 Å². The average Bonchev–Trinajstić information content (AvgIpc) is 2.40. The lowest BCUT2D eigenvalue weighted by atomic mass is 10.0. The largest absolute Gasteiger partial charge is 0.370 e. The summed E-state index contributed by atoms with van der Waals surface area (Å²) >= 11 is 0. The maximum absolute atomic E-state index is 11.7. The highest BCUT2D eigenvalue weighted by atomic mass is 16.2. The summed E-state index contributed by atoms with van der Waals surface area (Å²) in [5.41, 5.74) is 10.6. The number of rotatable bonds is 6. The van der Waals surface area contributed by atoms with E-state index >= 15 is 0 Å². The molecule has 1 saturated heterocycles. The minimum atomic E-state index is -0.892. The van der Waals surface area contributed by atoms with Crippen LogP contribution in [0.25, 0.3) is 0 Å². The minimum Gasteiger partial charge on any atom is -0.370 e. The summed E-state index contributed by atoms with van der Waals surface area (Å²) in [5, 5.41) is 5.39. The summed E-state index contributed by atoms with van der Waals surface area (Å²) in [4.78, 5) is 35.7. The van der Waals surface area contributed by atoms with E-state index in [0.717, 1.165) is 25.9 Å². The van der Waals surface area contributed by atoms with Crippen molar-refractivity contribution in [1.82, 2.24) is 15.5 Å². The maximum atomic E-state index is 11.7. The number of nitrogens with zero attached hydrogens (tertiary/aromatic N) is 1. The van der Waals surface area contributed by atoms with Gasteiger partial charge in [0, 0.05) is 26.2 Å². The van der Waals surface area contributed by atoms with Gasteiger partial charge in [-0.3, -0.25) is 19.3 Å². The summed E-state index contributed by atoms with van der Waals surface area (Å²) in [5.74, 6) is -0.961. The van der Waals surface area contributed by atoms with Crippen LogP contribution in [0.3, 0.4) is 0 Å². The molecule has 0 saturated carbocycles. The van der Waals surface area contributed by atoms with Crippen molar-refractivity contribution in [2.75, 3.05) is 26.7 Å². The van der Waals surface area contributed by atoms with Crippen LogP contribution in [0.2, 0.25) is 0 Å². The quantitative estimate of drug-likeness (QED) is 0.429. The molecule has 0 aromatic heterocycles. The van der Waals surface area contributed by atoms with Crippen molar-refractivity contribution in [3.63, 3.8) is 0 Å². The Bertz CT molecular complexity index is 366. The second kappa shape index (κ2) is 7.81. The number of nitrogens with two attached hydrogens (primary N) is 2. The maximum Gasteiger partial charge on any atom is 0.237 e. The van der Waals surface area contributed by atoms with Crippen LogP contribution in [0.4, 0.5) is 0 Å². The van der Waals surface area contributed by atoms with Crippen LogP contribution < -0.4 is 22.1 Å². The molecule has 0 bridgehead atoms. The standard InChI is InChI=1S/C12H23N5O3/c1-15-11(19)7-17-4-2-8(3-5-17)16-12(20)9(13)6-10(14)18/h8-9H,2-7,13H2,1H3,(H2,14,18)(H,15,19)(H,16,20). The summed E-state index contributed by atoms with van der Waals surface area (Å²) < 4.78 is 0. The molecule has 8 heteroatoms. The van der Waals surface area contributed by atoms with E-state index in [-0.39, 0.29) is 24.3 Å². The van der Waals surface area contributed by atoms with Gasteiger partial charge in [-0.2, -0.15) is 0 Å². The zero-order valence-corrected chi connectivity index (χ0v) is 11.7. The van der Waals surface area contributed by atoms with Gasteiger partial charge in [0.25, 0.3) is 0 Å². The molecule has 1 aliphatic heterocycles. The predicted molar refractivity (Wildman–Crippen MR) is 73.5 cm³/mol. The number of nitrogens with one attached hydrogen (secondary N) is 2. The molecule has 6 N–H and O–H groups in total. The van der Waals surface area contributed by atoms with Crippen molar-refractivity contribution in [1.29, 1.82) is 0 Å². The van der Waals surface area contributed by atoms with Crippen molar-refractivity contribution in [3.05, 3.63) is 0 Å². The number of likely N-dealkylation sites (N-methyl/N-ethyl adjacent to an activating group) is 1. The van der Waals surface area contributed by atoms with Crippen LogP contribution in [0.1, 0.15) is 19.3 Å². The number of likely N-dealkylation sites (tertiary alicyclic amines) is 1. The van der Waals surface area contributed by atoms with Gasteiger partial charge in [0.1, 0.15) is 0 Å². The highest BCUT2D eigenvalue weighted by Crippen LogP contribution is 2.10. The Morgan fingerprint density at radius 2 is 1.90 bits per heavy atom. The first kappa shape index (κ1) is 16.4. The Morgan fingerprint density at radius 1 is 1.30 bits per heavy atom. The Morgan fingerprint density at radius 3 is 2.40 bits per heavy atom. The van der Waals surface area contributed by atoms with Crippen LogP contribution in [0.15, 0.2) is 0 Å². The first-order chi connectivity index (χ1) is 9.42. The van der Waals surface area contributed by atoms with Crippen LogP contribution in [0, 0.1) is 0 Å². The lowest BCUT2D eigenvalue weighted by Crippen LogP contribution is -2.51. The van der Waals surface area contributed by atoms with Crippen LogP contribution in [-0.2, 0) is 14.4 Å². The Labute approximate surface area is 118 Å². The third-order valence-electron chi connectivity index (χ3n) is 3.34. The number of amides is 3. The molecular formula is C12H23N5O3. The van der Waals surface area contributed by atoms with E-state index in [4.69, 9.17) is 11.5 Å². The molecule has 114 valence electrons. The van der Waals surface area contributed by atoms with Crippen molar-refractivity contribution in [2.24, 2.45) is 11.5 Å². The van der Waals surface area contributed by atoms with Gasteiger partial charge in [-0.1, -0.05) is 0 Å². The average molecular weight is 285 g/mol. The molecule has 0 spiro atoms. The first-order valence-corrected chi connectivity index (χ1v) is 6.69. The Kier molecular flexibility index (Phi) is 6.40. The number of primary amides is 1. The van der Waals surface area contributed by atoms with Gasteiger partial charge in [0.05, 0.1) is 19.0 Å². The zero-order valence-electron chi connectivity index (χ0n) is 11.7. The smallest absolute Gasteiger partial charge is 0.237 e. The van der Waals surface area contributed by atoms with Crippen molar-refractivity contribution in [3.8, 4) is 0 Å². The summed E-state index contributed by atoms with van der Waals surface area (Å²) in [6.45, 7) is 1.85. The molecule has 0 radical (unpaired) electrons. The highest BCUT2D eigenvalue weighted by Gasteiger charge is 2.24. The Hall–Kier alpha value is -1.67. The van der Waals surface area contributed by atoms with E-state index in [1.165, 1.54) is 0 Å². The fourth-order valence-electron chi connectivity index (χ4n) is 2.14. The molecule has 0 aromatic carbocycles. The third kappa shape index (κ3) is 5.54. The molecule has 1 heterocycles. The molecule has 1 unspecified atom stereocenters. The number of piperidine rings is 1. The summed E-state index contributed by atoms with van der Waals surface area (Å²) in [6, 6.07) is -0.862. The van der Waals surface area contributed by atoms with Crippen LogP contribution in [-0.4, -0.2) is 61.4 Å². The fraction of sp³-hybridized carbons (Fsp3) is 0.750. The molecule has 20 heavy (non-hydrogen) atoms. The normalized spacial score (nSPS) is 18.3. The van der Waals surface area contributed by atoms with Gasteiger partial charge in [-0.15, -0.1) is 0 Å². The number of hydrogen-bond donors (Lipinski definition) is 4. The molecule has 0 aliphatic carbocycles. The molecule has 0 aromatic rings. The topological polar surface area (TPSA) is 131 Å². The Balaban J connectivity index is 2.30. The van der Waals surface area contributed by atoms with Gasteiger partial charge < -0.3 is 22.1 Å². The summed E-state index contributed by atoms with van der Waals surface area (Å²) in [7, 11) is 1.61. The molecule has 1 aliphatic rings. The highest BCUT2D eigenvalue weighted by molar-refractivity contribution is 5.87. The van der Waals surface area contributed by atoms with Gasteiger partial charge in [-0.25, -0.2) is 0 Å². The van der Waals surface area contributed by atoms with Gasteiger partial charge >= 0.3 is 0 Å². The van der Waals surface area contributed by atoms with E-state index in [2.05, 4.69) is 10.6 Å². The monoisotopic (exact) mass is 285 g/mol. The molecule has 8 nitrogen and oxygen atoms in total. The lowest BCUT2D eigenvalue weighted by molar-refractivity contribution is -0.127. The first-order valence-electron chi connectivity index (χ1n) is 6.69. The molecule has 1 rings (SSSR count). The minimum absolute atomic E-state index is 0.0176. The van der Waals surface area contributed by atoms with Crippen LogP contribution in [0.5, 0.6) is 0 Å². The number of carbonyl (C=O) groups excluding carboxylic acids is 3. The molecule has 1 fully saturated rings. The molecule has 1 atom stereocenters. The van der Waals surface area contributed by atoms with E-state index in [1.54, 1.807) is 7.05 Å². The fourth-order valence-corrected chi connectivity index (χ4v) is 2.14. The van der Waals surface area contributed by atoms with Gasteiger partial charge in [-0.05, 0) is 12.8 Å². The second-order valence-electron chi connectivity index (χ2n) is 5.01. The van der Waals surface area contributed by atoms with E-state index in [0.29, 0.717) is 6.54 Å². The number of carbonyl (C=O) groups is 3. The van der Waals surface area contributed by atoms with Crippen LogP contribution >= 0.6 is 0 Å². The van der Waals surface area contributed by atoms with Gasteiger partial charge in [0.2, 0.25) is 17.7 Å². The molecular weight excluding hydrogens is 262 g/mol. The SMILES string of the molecule is CNC(=O)CN1CCC(NC(=O)C(N)CC(N)=O)CC1. The van der Waals surface area contributed by atoms with Crippen molar-refractivity contribution < 1.29 is 14.4 Å². The molecule has 3 amide bonds. The van der Waals surface area contributed by atoms with Crippen molar-refractivity contribution >= 4 is 17.7 Å². The second-order valence-corrected chi connectivity index (χ2v) is 5.01. The lowest BCUT2D eigenvalue weighted by Gasteiger charge is -2.32. The van der Waals surface area contributed by atoms with E-state index in [1.807, 2.05) is 4.90 Å². The predicted octanol–water partition coefficient (Wildman–Crippen LogP) is -2.48. The zero-order chi connectivity index (χ0) is 15.1. The van der Waals surface area contributed by atoms with E-state index in [9.17, 15) is 14.4 Å². The third-order valence-corrected chi connectivity index (χ3v) is 3.34.